The number of nitrogens with one attached hydrogen (secondary N) is 1. The Morgan fingerprint density at radius 3 is 2.42 bits per heavy atom. The maximum atomic E-state index is 11.6. The molecule has 1 aromatic heterocycles. The maximum Gasteiger partial charge on any atom is 0.163 e. The molecule has 0 fully saturated rings. The van der Waals surface area contributed by atoms with E-state index < -0.39 is 0 Å². The lowest BCUT2D eigenvalue weighted by Crippen LogP contribution is -2.03. The lowest BCUT2D eigenvalue weighted by Gasteiger charge is -2.10. The van der Waals surface area contributed by atoms with Crippen LogP contribution >= 0.6 is 0 Å². The molecule has 4 heteroatoms. The van der Waals surface area contributed by atoms with Gasteiger partial charge in [0, 0.05) is 11.4 Å². The highest BCUT2D eigenvalue weighted by atomic mass is 16.5. The van der Waals surface area contributed by atoms with Gasteiger partial charge in [-0.3, -0.25) is 4.79 Å². The third-order valence-electron chi connectivity index (χ3n) is 2.77. The number of benzene rings is 1. The Morgan fingerprint density at radius 2 is 1.84 bits per heavy atom. The van der Waals surface area contributed by atoms with Crippen LogP contribution in [-0.4, -0.2) is 17.9 Å². The summed E-state index contributed by atoms with van der Waals surface area (Å²) in [5.41, 5.74) is 2.31. The molecule has 1 N–H and O–H groups in total. The normalized spacial score (nSPS) is 10.1. The summed E-state index contributed by atoms with van der Waals surface area (Å²) in [5.74, 6) is 1.36. The van der Waals surface area contributed by atoms with Crippen molar-refractivity contribution >= 4 is 17.3 Å². The molecular formula is C15H16N2O2. The molecule has 0 aliphatic rings. The number of nitrogens with zero attached hydrogens (tertiary/aromatic N) is 1. The summed E-state index contributed by atoms with van der Waals surface area (Å²) < 4.78 is 5.10. The van der Waals surface area contributed by atoms with Crippen LogP contribution in [0.1, 0.15) is 23.0 Å². The molecule has 0 amide bonds. The average Bonchev–Trinajstić information content (AvgIpc) is 2.39. The van der Waals surface area contributed by atoms with E-state index in [-0.39, 0.29) is 5.78 Å². The number of carbonyl (C=O) groups is 1. The number of pyridine rings is 1. The Labute approximate surface area is 112 Å². The Balaban J connectivity index is 2.31. The van der Waals surface area contributed by atoms with Crippen LogP contribution in [0.15, 0.2) is 36.4 Å². The summed E-state index contributed by atoms with van der Waals surface area (Å²) in [7, 11) is 1.62. The van der Waals surface area contributed by atoms with Gasteiger partial charge in [0.2, 0.25) is 0 Å². The predicted molar refractivity (Wildman–Crippen MR) is 75.3 cm³/mol. The zero-order chi connectivity index (χ0) is 13.8. The van der Waals surface area contributed by atoms with Crippen molar-refractivity contribution in [1.29, 1.82) is 0 Å². The van der Waals surface area contributed by atoms with Crippen molar-refractivity contribution in [3.63, 3.8) is 0 Å². The summed E-state index contributed by atoms with van der Waals surface area (Å²) in [5, 5.41) is 3.16. The summed E-state index contributed by atoms with van der Waals surface area (Å²) in [6.45, 7) is 3.43. The first-order chi connectivity index (χ1) is 9.10. The number of carbonyl (C=O) groups excluding carboxylic acids is 1. The van der Waals surface area contributed by atoms with Crippen LogP contribution in [0, 0.1) is 6.92 Å². The largest absolute Gasteiger partial charge is 0.497 e. The van der Waals surface area contributed by atoms with Crippen LogP contribution in [0.2, 0.25) is 0 Å². The fourth-order valence-corrected chi connectivity index (χ4v) is 1.75. The standard InChI is InChI=1S/C15H16N2O2/c1-10-4-9-14(11(2)18)15(16-10)17-12-5-7-13(19-3)8-6-12/h4-9H,1-3H3,(H,16,17). The van der Waals surface area contributed by atoms with Crippen molar-refractivity contribution in [1.82, 2.24) is 4.98 Å². The topological polar surface area (TPSA) is 51.2 Å². The van der Waals surface area contributed by atoms with E-state index in [9.17, 15) is 4.79 Å². The van der Waals surface area contributed by atoms with Gasteiger partial charge in [0.25, 0.3) is 0 Å². The number of aryl methyl sites for hydroxylation is 1. The molecule has 0 aliphatic carbocycles. The molecule has 0 saturated heterocycles. The van der Waals surface area contributed by atoms with Crippen LogP contribution in [0.25, 0.3) is 0 Å². The fraction of sp³-hybridized carbons (Fsp3) is 0.200. The summed E-state index contributed by atoms with van der Waals surface area (Å²) in [4.78, 5) is 15.9. The van der Waals surface area contributed by atoms with Crippen LogP contribution in [0.3, 0.4) is 0 Å². The van der Waals surface area contributed by atoms with Crippen LogP contribution < -0.4 is 10.1 Å². The van der Waals surface area contributed by atoms with E-state index in [1.807, 2.05) is 37.3 Å². The van der Waals surface area contributed by atoms with Crippen LogP contribution in [-0.2, 0) is 0 Å². The van der Waals surface area contributed by atoms with Gasteiger partial charge in [-0.1, -0.05) is 0 Å². The van der Waals surface area contributed by atoms with Gasteiger partial charge in [-0.05, 0) is 50.2 Å². The molecule has 1 heterocycles. The molecule has 2 rings (SSSR count). The quantitative estimate of drug-likeness (QED) is 0.852. The van der Waals surface area contributed by atoms with Gasteiger partial charge in [0.1, 0.15) is 11.6 Å². The zero-order valence-corrected chi connectivity index (χ0v) is 11.2. The van der Waals surface area contributed by atoms with Gasteiger partial charge in [0.15, 0.2) is 5.78 Å². The second-order valence-corrected chi connectivity index (χ2v) is 4.26. The third-order valence-corrected chi connectivity index (χ3v) is 2.77. The van der Waals surface area contributed by atoms with Gasteiger partial charge in [0.05, 0.1) is 12.7 Å². The number of Topliss-reactive ketones (excluding diaryl/α,β-unsaturated/α-hetero) is 1. The number of methoxy groups -OCH3 is 1. The first-order valence-corrected chi connectivity index (χ1v) is 6.00. The lowest BCUT2D eigenvalue weighted by atomic mass is 10.1. The minimum Gasteiger partial charge on any atom is -0.497 e. The van der Waals surface area contributed by atoms with Gasteiger partial charge in [-0.15, -0.1) is 0 Å². The molecule has 0 atom stereocenters. The second kappa shape index (κ2) is 5.52. The highest BCUT2D eigenvalue weighted by Gasteiger charge is 2.09. The third kappa shape index (κ3) is 3.10. The van der Waals surface area contributed by atoms with E-state index in [2.05, 4.69) is 10.3 Å². The van der Waals surface area contributed by atoms with E-state index in [1.165, 1.54) is 6.92 Å². The zero-order valence-electron chi connectivity index (χ0n) is 11.2. The number of anilines is 2. The van der Waals surface area contributed by atoms with E-state index in [0.29, 0.717) is 11.4 Å². The van der Waals surface area contributed by atoms with E-state index >= 15 is 0 Å². The monoisotopic (exact) mass is 256 g/mol. The van der Waals surface area contributed by atoms with Crippen molar-refractivity contribution in [3.05, 3.63) is 47.7 Å². The number of rotatable bonds is 4. The number of ketones is 1. The van der Waals surface area contributed by atoms with Crippen molar-refractivity contribution in [2.45, 2.75) is 13.8 Å². The highest BCUT2D eigenvalue weighted by Crippen LogP contribution is 2.22. The number of hydrogen-bond acceptors (Lipinski definition) is 4. The summed E-state index contributed by atoms with van der Waals surface area (Å²) in [6, 6.07) is 11.1. The molecular weight excluding hydrogens is 240 g/mol. The maximum absolute atomic E-state index is 11.6. The summed E-state index contributed by atoms with van der Waals surface area (Å²) >= 11 is 0. The molecule has 0 radical (unpaired) electrons. The lowest BCUT2D eigenvalue weighted by molar-refractivity contribution is 0.101. The fourth-order valence-electron chi connectivity index (χ4n) is 1.75. The first-order valence-electron chi connectivity index (χ1n) is 6.00. The number of aromatic nitrogens is 1. The molecule has 0 saturated carbocycles. The minimum absolute atomic E-state index is 0.0106. The van der Waals surface area contributed by atoms with Crippen molar-refractivity contribution < 1.29 is 9.53 Å². The Kier molecular flexibility index (Phi) is 3.80. The molecule has 2 aromatic rings. The number of ether oxygens (including phenoxy) is 1. The predicted octanol–water partition coefficient (Wildman–Crippen LogP) is 3.34. The van der Waals surface area contributed by atoms with Crippen molar-refractivity contribution in [2.75, 3.05) is 12.4 Å². The molecule has 98 valence electrons. The van der Waals surface area contributed by atoms with Crippen LogP contribution in [0.4, 0.5) is 11.5 Å². The van der Waals surface area contributed by atoms with Crippen LogP contribution in [0.5, 0.6) is 5.75 Å². The molecule has 1 aromatic carbocycles. The van der Waals surface area contributed by atoms with E-state index in [0.717, 1.165) is 17.1 Å². The first kappa shape index (κ1) is 13.1. The SMILES string of the molecule is COc1ccc(Nc2nc(C)ccc2C(C)=O)cc1. The average molecular weight is 256 g/mol. The van der Waals surface area contributed by atoms with Gasteiger partial charge in [-0.2, -0.15) is 0 Å². The van der Waals surface area contributed by atoms with Gasteiger partial charge >= 0.3 is 0 Å². The molecule has 0 unspecified atom stereocenters. The second-order valence-electron chi connectivity index (χ2n) is 4.26. The molecule has 19 heavy (non-hydrogen) atoms. The van der Waals surface area contributed by atoms with Crippen molar-refractivity contribution in [2.24, 2.45) is 0 Å². The molecule has 0 aliphatic heterocycles. The molecule has 4 nitrogen and oxygen atoms in total. The Morgan fingerprint density at radius 1 is 1.16 bits per heavy atom. The number of hydrogen-bond donors (Lipinski definition) is 1. The minimum atomic E-state index is -0.0106. The Bertz CT molecular complexity index is 592. The van der Waals surface area contributed by atoms with E-state index in [1.54, 1.807) is 13.2 Å². The highest BCUT2D eigenvalue weighted by molar-refractivity contribution is 5.99. The molecule has 0 bridgehead atoms. The van der Waals surface area contributed by atoms with E-state index in [4.69, 9.17) is 4.74 Å². The smallest absolute Gasteiger partial charge is 0.163 e. The summed E-state index contributed by atoms with van der Waals surface area (Å²) in [6.07, 6.45) is 0. The Hall–Kier alpha value is -2.36. The van der Waals surface area contributed by atoms with Gasteiger partial charge in [-0.25, -0.2) is 4.98 Å². The van der Waals surface area contributed by atoms with Crippen molar-refractivity contribution in [3.8, 4) is 5.75 Å². The molecule has 0 spiro atoms. The van der Waals surface area contributed by atoms with Gasteiger partial charge < -0.3 is 10.1 Å².